The van der Waals surface area contributed by atoms with Crippen molar-refractivity contribution in [3.63, 3.8) is 0 Å². The molecule has 1 N–H and O–H groups in total. The van der Waals surface area contributed by atoms with Crippen LogP contribution < -0.4 is 0 Å². The molecule has 4 heteroatoms. The van der Waals surface area contributed by atoms with Gasteiger partial charge in [0.2, 0.25) is 0 Å². The molecule has 2 aromatic rings. The van der Waals surface area contributed by atoms with Gasteiger partial charge in [0.05, 0.1) is 11.1 Å². The van der Waals surface area contributed by atoms with Gasteiger partial charge in [0.15, 0.2) is 0 Å². The Morgan fingerprint density at radius 1 is 1.40 bits per heavy atom. The SMILES string of the molecule is Cn1ccc(CC2(C(=O)O)CCCc3ccccc32)n1. The Labute approximate surface area is 118 Å². The number of rotatable bonds is 3. The van der Waals surface area contributed by atoms with E-state index in [0.717, 1.165) is 29.7 Å². The van der Waals surface area contributed by atoms with E-state index in [-0.39, 0.29) is 0 Å². The van der Waals surface area contributed by atoms with Gasteiger partial charge in [-0.1, -0.05) is 24.3 Å². The van der Waals surface area contributed by atoms with Gasteiger partial charge in [0.1, 0.15) is 0 Å². The number of aromatic nitrogens is 2. The van der Waals surface area contributed by atoms with Crippen LogP contribution in [0.5, 0.6) is 0 Å². The number of benzene rings is 1. The highest BCUT2D eigenvalue weighted by molar-refractivity contribution is 5.82. The largest absolute Gasteiger partial charge is 0.481 e. The summed E-state index contributed by atoms with van der Waals surface area (Å²) in [4.78, 5) is 12.0. The molecular weight excluding hydrogens is 252 g/mol. The summed E-state index contributed by atoms with van der Waals surface area (Å²) in [5, 5.41) is 14.2. The van der Waals surface area contributed by atoms with Gasteiger partial charge < -0.3 is 5.11 Å². The van der Waals surface area contributed by atoms with Crippen LogP contribution in [0.3, 0.4) is 0 Å². The lowest BCUT2D eigenvalue weighted by Gasteiger charge is -2.35. The van der Waals surface area contributed by atoms with Crippen LogP contribution in [0, 0.1) is 0 Å². The molecule has 0 fully saturated rings. The first-order chi connectivity index (χ1) is 9.62. The van der Waals surface area contributed by atoms with Crippen molar-refractivity contribution in [2.45, 2.75) is 31.1 Å². The van der Waals surface area contributed by atoms with E-state index in [2.05, 4.69) is 5.10 Å². The smallest absolute Gasteiger partial charge is 0.314 e. The van der Waals surface area contributed by atoms with Crippen LogP contribution in [-0.4, -0.2) is 20.9 Å². The van der Waals surface area contributed by atoms with Gasteiger partial charge in [-0.15, -0.1) is 0 Å². The lowest BCUT2D eigenvalue weighted by molar-refractivity contribution is -0.144. The number of carbonyl (C=O) groups is 1. The Morgan fingerprint density at radius 2 is 2.20 bits per heavy atom. The van der Waals surface area contributed by atoms with E-state index in [1.54, 1.807) is 4.68 Å². The Morgan fingerprint density at radius 3 is 2.90 bits per heavy atom. The van der Waals surface area contributed by atoms with Crippen molar-refractivity contribution in [3.05, 3.63) is 53.3 Å². The number of nitrogens with zero attached hydrogens (tertiary/aromatic N) is 2. The van der Waals surface area contributed by atoms with Crippen LogP contribution in [0.1, 0.15) is 29.7 Å². The standard InChI is InChI=1S/C16H18N2O2/c1-18-10-8-13(17-18)11-16(15(19)20)9-4-6-12-5-2-3-7-14(12)16/h2-3,5,7-8,10H,4,6,9,11H2,1H3,(H,19,20). The summed E-state index contributed by atoms with van der Waals surface area (Å²) in [6.07, 6.45) is 4.87. The molecule has 0 saturated carbocycles. The van der Waals surface area contributed by atoms with Crippen LogP contribution in [-0.2, 0) is 30.1 Å². The molecule has 1 aliphatic rings. The molecule has 0 radical (unpaired) electrons. The number of fused-ring (bicyclic) bond motifs is 1. The first-order valence-corrected chi connectivity index (χ1v) is 6.92. The molecule has 3 rings (SSSR count). The van der Waals surface area contributed by atoms with Crippen LogP contribution in [0.4, 0.5) is 0 Å². The Bertz CT molecular complexity index is 647. The second kappa shape index (κ2) is 4.78. The Balaban J connectivity index is 2.07. The fraction of sp³-hybridized carbons (Fsp3) is 0.375. The quantitative estimate of drug-likeness (QED) is 0.931. The lowest BCUT2D eigenvalue weighted by atomic mass is 9.67. The second-order valence-corrected chi connectivity index (χ2v) is 5.56. The molecule has 4 nitrogen and oxygen atoms in total. The highest BCUT2D eigenvalue weighted by Crippen LogP contribution is 2.40. The van der Waals surface area contributed by atoms with Gasteiger partial charge in [0.25, 0.3) is 0 Å². The third kappa shape index (κ3) is 2.01. The van der Waals surface area contributed by atoms with Gasteiger partial charge in [-0.05, 0) is 36.5 Å². The third-order valence-corrected chi connectivity index (χ3v) is 4.24. The minimum atomic E-state index is -0.830. The van der Waals surface area contributed by atoms with Crippen molar-refractivity contribution in [3.8, 4) is 0 Å². The Kier molecular flexibility index (Phi) is 3.08. The average Bonchev–Trinajstić information content (AvgIpc) is 2.84. The molecule has 1 heterocycles. The zero-order valence-corrected chi connectivity index (χ0v) is 11.5. The van der Waals surface area contributed by atoms with Crippen molar-refractivity contribution in [2.75, 3.05) is 0 Å². The molecule has 1 aromatic heterocycles. The molecular formula is C16H18N2O2. The summed E-state index contributed by atoms with van der Waals surface area (Å²) < 4.78 is 1.72. The molecule has 0 saturated heterocycles. The van der Waals surface area contributed by atoms with E-state index >= 15 is 0 Å². The van der Waals surface area contributed by atoms with Crippen LogP contribution in [0.2, 0.25) is 0 Å². The summed E-state index contributed by atoms with van der Waals surface area (Å²) in [7, 11) is 1.85. The van der Waals surface area contributed by atoms with E-state index < -0.39 is 11.4 Å². The van der Waals surface area contributed by atoms with Gasteiger partial charge in [0, 0.05) is 19.7 Å². The lowest BCUT2D eigenvalue weighted by Crippen LogP contribution is -2.41. The van der Waals surface area contributed by atoms with E-state index in [4.69, 9.17) is 0 Å². The second-order valence-electron chi connectivity index (χ2n) is 5.56. The average molecular weight is 270 g/mol. The highest BCUT2D eigenvalue weighted by atomic mass is 16.4. The minimum Gasteiger partial charge on any atom is -0.481 e. The fourth-order valence-corrected chi connectivity index (χ4v) is 3.27. The molecule has 0 aliphatic heterocycles. The number of hydrogen-bond acceptors (Lipinski definition) is 2. The zero-order chi connectivity index (χ0) is 14.2. The van der Waals surface area contributed by atoms with Gasteiger partial charge in [-0.2, -0.15) is 5.10 Å². The maximum absolute atomic E-state index is 12.0. The first kappa shape index (κ1) is 12.9. The van der Waals surface area contributed by atoms with Gasteiger partial charge in [-0.3, -0.25) is 9.48 Å². The van der Waals surface area contributed by atoms with Crippen molar-refractivity contribution >= 4 is 5.97 Å². The number of carboxylic acid groups (broad SMARTS) is 1. The van der Waals surface area contributed by atoms with Crippen LogP contribution in [0.25, 0.3) is 0 Å². The molecule has 1 aromatic carbocycles. The molecule has 0 bridgehead atoms. The molecule has 1 atom stereocenters. The molecule has 104 valence electrons. The monoisotopic (exact) mass is 270 g/mol. The summed E-state index contributed by atoms with van der Waals surface area (Å²) in [6, 6.07) is 9.83. The van der Waals surface area contributed by atoms with Crippen LogP contribution >= 0.6 is 0 Å². The van der Waals surface area contributed by atoms with E-state index in [1.807, 2.05) is 43.6 Å². The highest BCUT2D eigenvalue weighted by Gasteiger charge is 2.43. The predicted octanol–water partition coefficient (Wildman–Crippen LogP) is 2.32. The summed E-state index contributed by atoms with van der Waals surface area (Å²) >= 11 is 0. The van der Waals surface area contributed by atoms with Crippen molar-refractivity contribution in [2.24, 2.45) is 7.05 Å². The summed E-state index contributed by atoms with van der Waals surface area (Å²) in [5.41, 5.74) is 2.14. The number of carboxylic acids is 1. The molecule has 0 amide bonds. The van der Waals surface area contributed by atoms with E-state index in [1.165, 1.54) is 0 Å². The zero-order valence-electron chi connectivity index (χ0n) is 11.5. The van der Waals surface area contributed by atoms with E-state index in [0.29, 0.717) is 12.8 Å². The maximum atomic E-state index is 12.0. The normalized spacial score (nSPS) is 21.4. The van der Waals surface area contributed by atoms with Gasteiger partial charge >= 0.3 is 5.97 Å². The van der Waals surface area contributed by atoms with Crippen molar-refractivity contribution in [1.82, 2.24) is 9.78 Å². The molecule has 0 spiro atoms. The third-order valence-electron chi connectivity index (χ3n) is 4.24. The maximum Gasteiger partial charge on any atom is 0.314 e. The van der Waals surface area contributed by atoms with Crippen LogP contribution in [0.15, 0.2) is 36.5 Å². The molecule has 1 unspecified atom stereocenters. The predicted molar refractivity (Wildman–Crippen MR) is 75.6 cm³/mol. The van der Waals surface area contributed by atoms with Crippen molar-refractivity contribution in [1.29, 1.82) is 0 Å². The number of hydrogen-bond donors (Lipinski definition) is 1. The number of aryl methyl sites for hydroxylation is 2. The van der Waals surface area contributed by atoms with Crippen molar-refractivity contribution < 1.29 is 9.90 Å². The molecule has 20 heavy (non-hydrogen) atoms. The fourth-order valence-electron chi connectivity index (χ4n) is 3.27. The van der Waals surface area contributed by atoms with E-state index in [9.17, 15) is 9.90 Å². The molecule has 1 aliphatic carbocycles. The topological polar surface area (TPSA) is 55.1 Å². The summed E-state index contributed by atoms with van der Waals surface area (Å²) in [6.45, 7) is 0. The minimum absolute atomic E-state index is 0.459. The first-order valence-electron chi connectivity index (χ1n) is 6.92. The van der Waals surface area contributed by atoms with Gasteiger partial charge in [-0.25, -0.2) is 0 Å². The summed E-state index contributed by atoms with van der Waals surface area (Å²) in [5.74, 6) is -0.740. The Hall–Kier alpha value is -2.10. The number of aliphatic carboxylic acids is 1.